The molecule has 0 saturated carbocycles. The largest absolute Gasteiger partial charge is 0.478 e. The molecule has 100 valence electrons. The second-order valence-corrected chi connectivity index (χ2v) is 4.84. The predicted molar refractivity (Wildman–Crippen MR) is 69.4 cm³/mol. The van der Waals surface area contributed by atoms with Gasteiger partial charge in [0, 0.05) is 18.7 Å². The van der Waals surface area contributed by atoms with Crippen molar-refractivity contribution in [3.8, 4) is 0 Å². The highest BCUT2D eigenvalue weighted by Crippen LogP contribution is 2.25. The maximum Gasteiger partial charge on any atom is 0.339 e. The van der Waals surface area contributed by atoms with Crippen LogP contribution in [0.5, 0.6) is 0 Å². The summed E-state index contributed by atoms with van der Waals surface area (Å²) < 4.78 is 1.56. The van der Waals surface area contributed by atoms with E-state index >= 15 is 0 Å². The normalized spacial score (nSPS) is 20.2. The smallest absolute Gasteiger partial charge is 0.339 e. The Morgan fingerprint density at radius 2 is 2.42 bits per heavy atom. The number of likely N-dealkylation sites (N-methyl/N-ethyl adjacent to an activating group) is 1. The lowest BCUT2D eigenvalue weighted by atomic mass is 10.1. The lowest BCUT2D eigenvalue weighted by Crippen LogP contribution is -2.19. The number of nitrogens with zero attached hydrogens (tertiary/aromatic N) is 4. The summed E-state index contributed by atoms with van der Waals surface area (Å²) in [5.41, 5.74) is 0.631. The van der Waals surface area contributed by atoms with E-state index < -0.39 is 5.97 Å². The number of rotatable bonds is 3. The summed E-state index contributed by atoms with van der Waals surface area (Å²) in [5.74, 6) is 0.0947. The van der Waals surface area contributed by atoms with Crippen molar-refractivity contribution >= 4 is 11.6 Å². The van der Waals surface area contributed by atoms with E-state index in [9.17, 15) is 4.79 Å². The van der Waals surface area contributed by atoms with Gasteiger partial charge in [-0.25, -0.2) is 14.3 Å². The highest BCUT2D eigenvalue weighted by Gasteiger charge is 2.26. The fourth-order valence-electron chi connectivity index (χ4n) is 2.59. The van der Waals surface area contributed by atoms with E-state index in [4.69, 9.17) is 5.11 Å². The van der Waals surface area contributed by atoms with Crippen LogP contribution in [0.1, 0.15) is 35.4 Å². The van der Waals surface area contributed by atoms with Crippen molar-refractivity contribution in [1.82, 2.24) is 19.5 Å². The van der Waals surface area contributed by atoms with Crippen LogP contribution < -0.4 is 0 Å². The molecule has 0 aliphatic carbocycles. The fraction of sp³-hybridized carbons (Fsp3) is 0.462. The number of aromatic carboxylic acids is 1. The van der Waals surface area contributed by atoms with Crippen molar-refractivity contribution in [1.29, 1.82) is 0 Å². The van der Waals surface area contributed by atoms with Crippen molar-refractivity contribution < 1.29 is 9.90 Å². The van der Waals surface area contributed by atoms with Crippen LogP contribution in [0, 0.1) is 0 Å². The molecule has 3 heterocycles. The third-order valence-corrected chi connectivity index (χ3v) is 3.69. The van der Waals surface area contributed by atoms with Gasteiger partial charge in [-0.15, -0.1) is 0 Å². The first-order valence-corrected chi connectivity index (χ1v) is 6.50. The minimum Gasteiger partial charge on any atom is -0.478 e. The highest BCUT2D eigenvalue weighted by atomic mass is 16.4. The minimum atomic E-state index is -0.967. The summed E-state index contributed by atoms with van der Waals surface area (Å²) in [7, 11) is 0. The van der Waals surface area contributed by atoms with E-state index in [1.165, 1.54) is 0 Å². The molecular formula is C13H16N4O2. The summed E-state index contributed by atoms with van der Waals surface area (Å²) in [4.78, 5) is 17.9. The van der Waals surface area contributed by atoms with Crippen molar-refractivity contribution in [2.75, 3.05) is 19.6 Å². The first-order valence-electron chi connectivity index (χ1n) is 6.50. The molecule has 0 aromatic carbocycles. The summed E-state index contributed by atoms with van der Waals surface area (Å²) >= 11 is 0. The molecule has 1 aliphatic rings. The fourth-order valence-corrected chi connectivity index (χ4v) is 2.59. The zero-order valence-electron chi connectivity index (χ0n) is 10.8. The van der Waals surface area contributed by atoms with Gasteiger partial charge in [0.1, 0.15) is 5.56 Å². The van der Waals surface area contributed by atoms with E-state index in [-0.39, 0.29) is 5.56 Å². The van der Waals surface area contributed by atoms with Crippen LogP contribution in [-0.4, -0.2) is 50.2 Å². The number of likely N-dealkylation sites (tertiary alicyclic amines) is 1. The standard InChI is InChI=1S/C13H16N4O2/c1-2-16-7-5-9(8-16)11-14-12-10(13(18)19)4-3-6-17(12)15-11/h3-4,6,9H,2,5,7-8H2,1H3,(H,18,19). The maximum atomic E-state index is 11.2. The molecule has 1 fully saturated rings. The van der Waals surface area contributed by atoms with Crippen LogP contribution in [0.25, 0.3) is 5.65 Å². The lowest BCUT2D eigenvalue weighted by Gasteiger charge is -2.10. The Kier molecular flexibility index (Phi) is 2.94. The number of carboxylic acid groups (broad SMARTS) is 1. The molecule has 0 bridgehead atoms. The number of fused-ring (bicyclic) bond motifs is 1. The first-order chi connectivity index (χ1) is 9.19. The molecule has 6 heteroatoms. The minimum absolute atomic E-state index is 0.201. The molecular weight excluding hydrogens is 244 g/mol. The van der Waals surface area contributed by atoms with Gasteiger partial charge in [-0.3, -0.25) is 0 Å². The molecule has 1 aliphatic heterocycles. The third kappa shape index (κ3) is 2.08. The maximum absolute atomic E-state index is 11.2. The average molecular weight is 260 g/mol. The Hall–Kier alpha value is -1.95. The average Bonchev–Trinajstić information content (AvgIpc) is 3.03. The van der Waals surface area contributed by atoms with Crippen LogP contribution in [0.15, 0.2) is 18.3 Å². The molecule has 0 spiro atoms. The van der Waals surface area contributed by atoms with Gasteiger partial charge < -0.3 is 10.0 Å². The van der Waals surface area contributed by atoms with E-state index in [1.807, 2.05) is 0 Å². The number of aromatic nitrogens is 3. The molecule has 0 amide bonds. The Morgan fingerprint density at radius 1 is 1.58 bits per heavy atom. The summed E-state index contributed by atoms with van der Waals surface area (Å²) in [5, 5.41) is 13.6. The number of pyridine rings is 1. The van der Waals surface area contributed by atoms with Crippen molar-refractivity contribution in [2.45, 2.75) is 19.3 Å². The van der Waals surface area contributed by atoms with Gasteiger partial charge >= 0.3 is 5.97 Å². The van der Waals surface area contributed by atoms with Gasteiger partial charge in [0.15, 0.2) is 11.5 Å². The molecule has 3 rings (SSSR count). The zero-order chi connectivity index (χ0) is 13.4. The van der Waals surface area contributed by atoms with Gasteiger partial charge in [0.25, 0.3) is 0 Å². The molecule has 1 N–H and O–H groups in total. The van der Waals surface area contributed by atoms with Gasteiger partial charge in [0.2, 0.25) is 0 Å². The topological polar surface area (TPSA) is 70.7 Å². The molecule has 19 heavy (non-hydrogen) atoms. The van der Waals surface area contributed by atoms with Crippen LogP contribution in [0.3, 0.4) is 0 Å². The molecule has 0 radical (unpaired) electrons. The monoisotopic (exact) mass is 260 g/mol. The first kappa shape index (κ1) is 12.1. The van der Waals surface area contributed by atoms with Crippen molar-refractivity contribution in [3.63, 3.8) is 0 Å². The molecule has 2 aromatic rings. The molecule has 6 nitrogen and oxygen atoms in total. The van der Waals surface area contributed by atoms with E-state index in [0.29, 0.717) is 11.6 Å². The number of hydrogen-bond acceptors (Lipinski definition) is 4. The molecule has 2 aromatic heterocycles. The molecule has 1 saturated heterocycles. The van der Waals surface area contributed by atoms with Gasteiger partial charge in [-0.2, -0.15) is 5.10 Å². The summed E-state index contributed by atoms with van der Waals surface area (Å²) in [6.45, 7) is 5.19. The second-order valence-electron chi connectivity index (χ2n) is 4.84. The zero-order valence-corrected chi connectivity index (χ0v) is 10.8. The Morgan fingerprint density at radius 3 is 3.11 bits per heavy atom. The Bertz CT molecular complexity index is 622. The summed E-state index contributed by atoms with van der Waals surface area (Å²) in [6, 6.07) is 3.24. The molecule has 1 unspecified atom stereocenters. The number of carbonyl (C=O) groups is 1. The van der Waals surface area contributed by atoms with Crippen LogP contribution in [0.2, 0.25) is 0 Å². The summed E-state index contributed by atoms with van der Waals surface area (Å²) in [6.07, 6.45) is 2.78. The van der Waals surface area contributed by atoms with Crippen molar-refractivity contribution in [3.05, 3.63) is 29.7 Å². The van der Waals surface area contributed by atoms with Gasteiger partial charge in [-0.1, -0.05) is 6.92 Å². The lowest BCUT2D eigenvalue weighted by molar-refractivity contribution is 0.0698. The van der Waals surface area contributed by atoms with E-state index in [0.717, 1.165) is 31.9 Å². The molecule has 1 atom stereocenters. The quantitative estimate of drug-likeness (QED) is 0.899. The Labute approximate surface area is 110 Å². The van der Waals surface area contributed by atoms with Crippen LogP contribution >= 0.6 is 0 Å². The van der Waals surface area contributed by atoms with E-state index in [2.05, 4.69) is 21.9 Å². The van der Waals surface area contributed by atoms with Crippen LogP contribution in [-0.2, 0) is 0 Å². The number of carboxylic acids is 1. The Balaban J connectivity index is 1.98. The second kappa shape index (κ2) is 4.62. The van der Waals surface area contributed by atoms with E-state index in [1.54, 1.807) is 22.8 Å². The van der Waals surface area contributed by atoms with Crippen molar-refractivity contribution in [2.24, 2.45) is 0 Å². The highest BCUT2D eigenvalue weighted by molar-refractivity contribution is 5.94. The van der Waals surface area contributed by atoms with Crippen LogP contribution in [0.4, 0.5) is 0 Å². The third-order valence-electron chi connectivity index (χ3n) is 3.69. The van der Waals surface area contributed by atoms with Gasteiger partial charge in [0.05, 0.1) is 0 Å². The van der Waals surface area contributed by atoms with Gasteiger partial charge in [-0.05, 0) is 31.6 Å². The SMILES string of the molecule is CCN1CCC(c2nc3c(C(=O)O)cccn3n2)C1. The predicted octanol–water partition coefficient (Wildman–Crippen LogP) is 1.24. The number of hydrogen-bond donors (Lipinski definition) is 1.